The molecule has 6 nitrogen and oxygen atoms in total. The van der Waals surface area contributed by atoms with Gasteiger partial charge in [-0.15, -0.1) is 0 Å². The molecule has 0 saturated heterocycles. The Morgan fingerprint density at radius 2 is 1.62 bits per heavy atom. The number of rotatable bonds is 6. The Hall–Kier alpha value is -2.77. The van der Waals surface area contributed by atoms with E-state index in [2.05, 4.69) is 9.71 Å². The number of sulfonamides is 1. The van der Waals surface area contributed by atoms with Gasteiger partial charge in [-0.3, -0.25) is 4.72 Å². The quantitative estimate of drug-likeness (QED) is 0.677. The van der Waals surface area contributed by atoms with Gasteiger partial charge in [-0.05, 0) is 60.7 Å². The molecule has 1 aromatic heterocycles. The van der Waals surface area contributed by atoms with Crippen LogP contribution in [0, 0.1) is 0 Å². The third-order valence-electron chi connectivity index (χ3n) is 3.41. The van der Waals surface area contributed by atoms with E-state index in [1.807, 2.05) is 0 Å². The third kappa shape index (κ3) is 4.25. The lowest BCUT2D eigenvalue weighted by Crippen LogP contribution is -2.13. The molecule has 8 heteroatoms. The van der Waals surface area contributed by atoms with E-state index in [1.54, 1.807) is 43.5 Å². The Morgan fingerprint density at radius 3 is 2.27 bits per heavy atom. The molecule has 0 atom stereocenters. The number of pyridine rings is 1. The van der Waals surface area contributed by atoms with Gasteiger partial charge in [-0.2, -0.15) is 0 Å². The van der Waals surface area contributed by atoms with Gasteiger partial charge in [0, 0.05) is 11.2 Å². The van der Waals surface area contributed by atoms with E-state index in [9.17, 15) is 8.42 Å². The molecule has 3 rings (SSSR count). The zero-order valence-corrected chi connectivity index (χ0v) is 15.3. The molecule has 0 fully saturated rings. The van der Waals surface area contributed by atoms with Crippen molar-refractivity contribution in [2.75, 3.05) is 11.8 Å². The second-order valence-electron chi connectivity index (χ2n) is 5.19. The van der Waals surface area contributed by atoms with Crippen molar-refractivity contribution in [1.82, 2.24) is 4.98 Å². The predicted molar refractivity (Wildman–Crippen MR) is 99.6 cm³/mol. The number of halogens is 1. The first-order valence-electron chi connectivity index (χ1n) is 7.53. The molecule has 3 aromatic rings. The fraction of sp³-hybridized carbons (Fsp3) is 0.0556. The average molecular weight is 391 g/mol. The number of hydrogen-bond acceptors (Lipinski definition) is 5. The van der Waals surface area contributed by atoms with Crippen LogP contribution in [0.5, 0.6) is 17.4 Å². The van der Waals surface area contributed by atoms with Crippen LogP contribution in [-0.2, 0) is 10.0 Å². The van der Waals surface area contributed by atoms with E-state index < -0.39 is 10.0 Å². The first-order chi connectivity index (χ1) is 12.5. The zero-order chi connectivity index (χ0) is 18.6. The number of aromatic nitrogens is 1. The summed E-state index contributed by atoms with van der Waals surface area (Å²) in [6, 6.07) is 15.9. The van der Waals surface area contributed by atoms with Gasteiger partial charge < -0.3 is 9.47 Å². The number of nitrogens with zero attached hydrogens (tertiary/aromatic N) is 1. The SMILES string of the molecule is COc1ccc(Oc2ncccc2NS(=O)(=O)c2ccc(Cl)cc2)cc1. The highest BCUT2D eigenvalue weighted by atomic mass is 35.5. The van der Waals surface area contributed by atoms with Crippen molar-refractivity contribution in [2.45, 2.75) is 4.90 Å². The lowest BCUT2D eigenvalue weighted by atomic mass is 10.3. The Bertz CT molecular complexity index is 990. The van der Waals surface area contributed by atoms with Gasteiger partial charge >= 0.3 is 0 Å². The number of methoxy groups -OCH3 is 1. The van der Waals surface area contributed by atoms with Crippen molar-refractivity contribution < 1.29 is 17.9 Å². The molecule has 0 saturated carbocycles. The summed E-state index contributed by atoms with van der Waals surface area (Å²) in [5.74, 6) is 1.31. The van der Waals surface area contributed by atoms with Gasteiger partial charge in [0.05, 0.1) is 12.0 Å². The van der Waals surface area contributed by atoms with Gasteiger partial charge in [-0.1, -0.05) is 11.6 Å². The van der Waals surface area contributed by atoms with Crippen LogP contribution < -0.4 is 14.2 Å². The smallest absolute Gasteiger partial charge is 0.262 e. The number of ether oxygens (including phenoxy) is 2. The van der Waals surface area contributed by atoms with Crippen LogP contribution in [0.25, 0.3) is 0 Å². The van der Waals surface area contributed by atoms with Crippen molar-refractivity contribution in [3.05, 3.63) is 71.9 Å². The minimum atomic E-state index is -3.80. The minimum absolute atomic E-state index is 0.0844. The van der Waals surface area contributed by atoms with Crippen molar-refractivity contribution >= 4 is 27.3 Å². The van der Waals surface area contributed by atoms with Crippen molar-refractivity contribution in [3.8, 4) is 17.4 Å². The van der Waals surface area contributed by atoms with Gasteiger partial charge in [0.2, 0.25) is 5.88 Å². The van der Waals surface area contributed by atoms with Crippen molar-refractivity contribution in [3.63, 3.8) is 0 Å². The van der Waals surface area contributed by atoms with Crippen LogP contribution in [0.15, 0.2) is 71.8 Å². The summed E-state index contributed by atoms with van der Waals surface area (Å²) >= 11 is 5.80. The molecule has 0 radical (unpaired) electrons. The summed E-state index contributed by atoms with van der Waals surface area (Å²) in [5.41, 5.74) is 0.221. The molecule has 0 spiro atoms. The Labute approximate surface area is 156 Å². The third-order valence-corrected chi connectivity index (χ3v) is 5.05. The van der Waals surface area contributed by atoms with E-state index in [-0.39, 0.29) is 16.5 Å². The molecule has 0 amide bonds. The molecule has 26 heavy (non-hydrogen) atoms. The number of benzene rings is 2. The maximum absolute atomic E-state index is 12.5. The number of nitrogens with one attached hydrogen (secondary N) is 1. The fourth-order valence-corrected chi connectivity index (χ4v) is 3.31. The molecule has 0 unspecified atom stereocenters. The second-order valence-corrected chi connectivity index (χ2v) is 7.31. The lowest BCUT2D eigenvalue weighted by molar-refractivity contribution is 0.412. The lowest BCUT2D eigenvalue weighted by Gasteiger charge is -2.12. The molecular formula is C18H15ClN2O4S. The summed E-state index contributed by atoms with van der Waals surface area (Å²) < 4.78 is 38.4. The maximum atomic E-state index is 12.5. The van der Waals surface area contributed by atoms with E-state index >= 15 is 0 Å². The highest BCUT2D eigenvalue weighted by Gasteiger charge is 2.17. The first kappa shape index (κ1) is 18.0. The number of hydrogen-bond donors (Lipinski definition) is 1. The average Bonchev–Trinajstić information content (AvgIpc) is 2.64. The van der Waals surface area contributed by atoms with E-state index in [1.165, 1.54) is 30.5 Å². The van der Waals surface area contributed by atoms with Crippen LogP contribution in [0.4, 0.5) is 5.69 Å². The molecule has 2 aromatic carbocycles. The summed E-state index contributed by atoms with van der Waals surface area (Å²) in [7, 11) is -2.24. The van der Waals surface area contributed by atoms with Crippen molar-refractivity contribution in [2.24, 2.45) is 0 Å². The highest BCUT2D eigenvalue weighted by molar-refractivity contribution is 7.92. The molecular weight excluding hydrogens is 376 g/mol. The van der Waals surface area contributed by atoms with Gasteiger partial charge in [0.25, 0.3) is 10.0 Å². The monoisotopic (exact) mass is 390 g/mol. The van der Waals surface area contributed by atoms with Gasteiger partial charge in [0.1, 0.15) is 17.2 Å². The maximum Gasteiger partial charge on any atom is 0.262 e. The standard InChI is InChI=1S/C18H15ClN2O4S/c1-24-14-6-8-15(9-7-14)25-18-17(3-2-12-20-18)21-26(22,23)16-10-4-13(19)5-11-16/h2-12,21H,1H3. The van der Waals surface area contributed by atoms with E-state index in [4.69, 9.17) is 21.1 Å². The summed E-state index contributed by atoms with van der Waals surface area (Å²) in [5, 5.41) is 0.453. The Kier molecular flexibility index (Phi) is 5.29. The van der Waals surface area contributed by atoms with Crippen molar-refractivity contribution in [1.29, 1.82) is 0 Å². The number of anilines is 1. The molecule has 134 valence electrons. The molecule has 0 aliphatic rings. The topological polar surface area (TPSA) is 77.5 Å². The Balaban J connectivity index is 1.85. The first-order valence-corrected chi connectivity index (χ1v) is 9.39. The molecule has 1 N–H and O–H groups in total. The molecule has 1 heterocycles. The molecule has 0 aliphatic carbocycles. The molecule has 0 bridgehead atoms. The summed E-state index contributed by atoms with van der Waals surface area (Å²) in [6.07, 6.45) is 1.51. The van der Waals surface area contributed by atoms with Crippen LogP contribution in [0.1, 0.15) is 0 Å². The predicted octanol–water partition coefficient (Wildman–Crippen LogP) is 4.34. The van der Waals surface area contributed by atoms with Gasteiger partial charge in [0.15, 0.2) is 0 Å². The van der Waals surface area contributed by atoms with E-state index in [0.717, 1.165) is 0 Å². The molecule has 0 aliphatic heterocycles. The summed E-state index contributed by atoms with van der Waals surface area (Å²) in [6.45, 7) is 0. The normalized spacial score (nSPS) is 11.0. The fourth-order valence-electron chi connectivity index (χ4n) is 2.12. The second kappa shape index (κ2) is 7.63. The van der Waals surface area contributed by atoms with Crippen LogP contribution in [0.2, 0.25) is 5.02 Å². The van der Waals surface area contributed by atoms with Crippen LogP contribution in [-0.4, -0.2) is 20.5 Å². The highest BCUT2D eigenvalue weighted by Crippen LogP contribution is 2.29. The zero-order valence-electron chi connectivity index (χ0n) is 13.7. The van der Waals surface area contributed by atoms with Crippen LogP contribution >= 0.6 is 11.6 Å². The van der Waals surface area contributed by atoms with Gasteiger partial charge in [-0.25, -0.2) is 13.4 Å². The largest absolute Gasteiger partial charge is 0.497 e. The Morgan fingerprint density at radius 1 is 0.962 bits per heavy atom. The van der Waals surface area contributed by atoms with Crippen LogP contribution in [0.3, 0.4) is 0 Å². The summed E-state index contributed by atoms with van der Waals surface area (Å²) in [4.78, 5) is 4.19. The van der Waals surface area contributed by atoms with E-state index in [0.29, 0.717) is 16.5 Å². The minimum Gasteiger partial charge on any atom is -0.497 e.